The summed E-state index contributed by atoms with van der Waals surface area (Å²) < 4.78 is 5.93. The van der Waals surface area contributed by atoms with Crippen LogP contribution in [0.4, 0.5) is 0 Å². The molecule has 14 heteroatoms. The molecule has 14 nitrogen and oxygen atoms in total. The SMILES string of the molecule is Cc1cc(O)cc(C)c1C[C@H](C(=O)N[C@@H](Cc1cnc[nH]1)c1nc(CC23CC4CC(CC(C4)C2)C3)no1)C(CCN=C(N)N)(C(N)=O)N(C)C. The van der Waals surface area contributed by atoms with Gasteiger partial charge < -0.3 is 37.1 Å². The van der Waals surface area contributed by atoms with Crippen LogP contribution in [0.3, 0.4) is 0 Å². The highest BCUT2D eigenvalue weighted by Gasteiger charge is 2.52. The fourth-order valence-electron chi connectivity index (χ4n) is 9.97. The Balaban J connectivity index is 1.34. The first-order valence-electron chi connectivity index (χ1n) is 17.7. The van der Waals surface area contributed by atoms with Crippen molar-refractivity contribution in [2.45, 2.75) is 89.6 Å². The van der Waals surface area contributed by atoms with Gasteiger partial charge in [-0.3, -0.25) is 19.5 Å². The Morgan fingerprint density at radius 2 is 1.74 bits per heavy atom. The predicted molar refractivity (Wildman–Crippen MR) is 187 cm³/mol. The second-order valence-electron chi connectivity index (χ2n) is 15.5. The van der Waals surface area contributed by atoms with Crippen LogP contribution in [0.2, 0.25) is 0 Å². The molecular weight excluding hydrogens is 636 g/mol. The third-order valence-corrected chi connectivity index (χ3v) is 11.8. The molecule has 9 N–H and O–H groups in total. The third kappa shape index (κ3) is 7.21. The number of hydrogen-bond acceptors (Lipinski definition) is 9. The zero-order valence-electron chi connectivity index (χ0n) is 29.6. The van der Waals surface area contributed by atoms with Crippen molar-refractivity contribution < 1.29 is 19.2 Å². The molecule has 1 aromatic carbocycles. The number of aromatic amines is 1. The molecule has 0 radical (unpaired) electrons. The quantitative estimate of drug-likeness (QED) is 0.101. The van der Waals surface area contributed by atoms with E-state index in [4.69, 9.17) is 26.7 Å². The van der Waals surface area contributed by atoms with E-state index < -0.39 is 29.3 Å². The minimum atomic E-state index is -1.50. The number of aromatic nitrogens is 4. The van der Waals surface area contributed by atoms with Gasteiger partial charge in [-0.2, -0.15) is 4.98 Å². The molecule has 4 bridgehead atoms. The number of nitrogens with zero attached hydrogens (tertiary/aromatic N) is 5. The maximum absolute atomic E-state index is 14.8. The van der Waals surface area contributed by atoms with Gasteiger partial charge in [0, 0.05) is 31.3 Å². The number of benzene rings is 1. The summed E-state index contributed by atoms with van der Waals surface area (Å²) in [5.41, 5.74) is 19.3. The number of carbonyl (C=O) groups is 2. The number of aromatic hydroxyl groups is 1. The molecule has 4 saturated carbocycles. The number of carbonyl (C=O) groups excluding carboxylic acids is 2. The van der Waals surface area contributed by atoms with Crippen LogP contribution >= 0.6 is 0 Å². The standard InChI is InChI=1S/C36H52N10O4/c1-20-7-26(47)8-21(2)27(20)13-28(36(33(37)49,46(3)4)5-6-41-34(38)39)31(48)43-29(12-25-18-40-19-42-25)32-44-30(45-50-32)17-35-14-22-9-23(15-35)11-24(10-22)16-35/h7-8,18-19,22-24,28-29,47H,5-6,9-17H2,1-4H3,(H2,37,49)(H,40,42)(H,43,48)(H4,38,39,41)/t22?,23?,24?,28-,29+,35?,36?/m1/s1. The van der Waals surface area contributed by atoms with Crippen LogP contribution in [0, 0.1) is 42.9 Å². The summed E-state index contributed by atoms with van der Waals surface area (Å²) in [5.74, 6) is 1.20. The van der Waals surface area contributed by atoms with Crippen LogP contribution in [-0.2, 0) is 28.9 Å². The smallest absolute Gasteiger partial charge is 0.249 e. The van der Waals surface area contributed by atoms with Crippen molar-refractivity contribution in [1.82, 2.24) is 30.3 Å². The minimum Gasteiger partial charge on any atom is -0.508 e. The van der Waals surface area contributed by atoms with E-state index in [-0.39, 0.29) is 36.5 Å². The number of H-pyrrole nitrogens is 1. The lowest BCUT2D eigenvalue weighted by atomic mass is 9.49. The van der Waals surface area contributed by atoms with Crippen molar-refractivity contribution in [3.8, 4) is 5.75 Å². The number of nitrogens with one attached hydrogen (secondary N) is 2. The van der Waals surface area contributed by atoms with Gasteiger partial charge in [-0.25, -0.2) is 4.98 Å². The number of aryl methyl sites for hydroxylation is 2. The van der Waals surface area contributed by atoms with Crippen LogP contribution < -0.4 is 22.5 Å². The van der Waals surface area contributed by atoms with Gasteiger partial charge in [0.15, 0.2) is 11.8 Å². The molecule has 50 heavy (non-hydrogen) atoms. The van der Waals surface area contributed by atoms with E-state index in [0.29, 0.717) is 18.1 Å². The zero-order valence-corrected chi connectivity index (χ0v) is 29.6. The Kier molecular flexibility index (Phi) is 9.93. The van der Waals surface area contributed by atoms with Crippen molar-refractivity contribution in [1.29, 1.82) is 0 Å². The first-order valence-corrected chi connectivity index (χ1v) is 17.7. The van der Waals surface area contributed by atoms with Gasteiger partial charge >= 0.3 is 0 Å². The van der Waals surface area contributed by atoms with E-state index in [0.717, 1.165) is 46.6 Å². The average molecular weight is 689 g/mol. The number of nitrogens with two attached hydrogens (primary N) is 3. The van der Waals surface area contributed by atoms with Gasteiger partial charge in [-0.15, -0.1) is 0 Å². The summed E-state index contributed by atoms with van der Waals surface area (Å²) >= 11 is 0. The van der Waals surface area contributed by atoms with E-state index >= 15 is 0 Å². The van der Waals surface area contributed by atoms with Crippen LogP contribution in [0.1, 0.15) is 85.1 Å². The minimum absolute atomic E-state index is 0.0652. The topological polar surface area (TPSA) is 228 Å². The normalized spacial score (nSPS) is 24.9. The Hall–Kier alpha value is -4.46. The van der Waals surface area contributed by atoms with Crippen LogP contribution in [0.5, 0.6) is 5.75 Å². The second-order valence-corrected chi connectivity index (χ2v) is 15.5. The van der Waals surface area contributed by atoms with Gasteiger partial charge in [0.05, 0.1) is 12.2 Å². The molecule has 2 aromatic heterocycles. The Morgan fingerprint density at radius 3 is 2.28 bits per heavy atom. The van der Waals surface area contributed by atoms with E-state index in [1.54, 1.807) is 43.7 Å². The summed E-state index contributed by atoms with van der Waals surface area (Å²) in [7, 11) is 3.43. The highest BCUT2D eigenvalue weighted by molar-refractivity contribution is 5.93. The number of likely N-dealkylation sites (N-methyl/N-ethyl adjacent to an activating group) is 1. The zero-order chi connectivity index (χ0) is 35.8. The molecule has 1 unspecified atom stereocenters. The molecule has 3 atom stereocenters. The lowest BCUT2D eigenvalue weighted by molar-refractivity contribution is -0.142. The molecule has 0 spiro atoms. The number of primary amides is 1. The maximum atomic E-state index is 14.8. The van der Waals surface area contributed by atoms with Gasteiger partial charge in [0.1, 0.15) is 17.3 Å². The number of hydrogen-bond donors (Lipinski definition) is 6. The molecule has 0 saturated heterocycles. The lowest BCUT2D eigenvalue weighted by Crippen LogP contribution is -2.64. The number of aliphatic imine (C=N–C) groups is 1. The fourth-order valence-corrected chi connectivity index (χ4v) is 9.97. The third-order valence-electron chi connectivity index (χ3n) is 11.8. The Labute approximate surface area is 293 Å². The molecule has 3 aromatic rings. The number of amides is 2. The van der Waals surface area contributed by atoms with Crippen LogP contribution in [0.15, 0.2) is 34.2 Å². The molecule has 0 aliphatic heterocycles. The molecule has 2 heterocycles. The van der Waals surface area contributed by atoms with Gasteiger partial charge in [-0.05, 0) is 131 Å². The van der Waals surface area contributed by atoms with Crippen molar-refractivity contribution in [2.75, 3.05) is 20.6 Å². The van der Waals surface area contributed by atoms with Crippen molar-refractivity contribution >= 4 is 17.8 Å². The van der Waals surface area contributed by atoms with E-state index in [1.165, 1.54) is 38.5 Å². The molecule has 4 fully saturated rings. The highest BCUT2D eigenvalue weighted by atomic mass is 16.5. The predicted octanol–water partition coefficient (Wildman–Crippen LogP) is 2.58. The van der Waals surface area contributed by atoms with Crippen molar-refractivity contribution in [2.24, 2.45) is 51.3 Å². The number of imidazole rings is 1. The highest BCUT2D eigenvalue weighted by Crippen LogP contribution is 2.61. The molecular formula is C36H52N10O4. The first kappa shape index (κ1) is 35.4. The maximum Gasteiger partial charge on any atom is 0.249 e. The van der Waals surface area contributed by atoms with E-state index in [1.807, 2.05) is 13.8 Å². The molecule has 4 aliphatic carbocycles. The number of rotatable bonds is 15. The fraction of sp³-hybridized carbons (Fsp3) is 0.611. The molecule has 270 valence electrons. The average Bonchev–Trinajstić information content (AvgIpc) is 3.70. The van der Waals surface area contributed by atoms with E-state index in [2.05, 4.69) is 25.4 Å². The molecule has 4 aliphatic rings. The number of guanidine groups is 1. The number of phenolic OH excluding ortho intramolecular Hbond substituents is 1. The largest absolute Gasteiger partial charge is 0.508 e. The van der Waals surface area contributed by atoms with Crippen molar-refractivity contribution in [3.63, 3.8) is 0 Å². The first-order chi connectivity index (χ1) is 23.8. The monoisotopic (exact) mass is 688 g/mol. The van der Waals surface area contributed by atoms with Crippen LogP contribution in [-0.4, -0.2) is 74.1 Å². The van der Waals surface area contributed by atoms with Gasteiger partial charge in [0.25, 0.3) is 0 Å². The van der Waals surface area contributed by atoms with Crippen molar-refractivity contribution in [3.05, 3.63) is 58.8 Å². The van der Waals surface area contributed by atoms with Gasteiger partial charge in [-0.1, -0.05) is 5.16 Å². The second kappa shape index (κ2) is 14.0. The van der Waals surface area contributed by atoms with Crippen LogP contribution in [0.25, 0.3) is 0 Å². The lowest BCUT2D eigenvalue weighted by Gasteiger charge is -2.56. The Bertz CT molecular complexity index is 1650. The Morgan fingerprint density at radius 1 is 1.10 bits per heavy atom. The number of phenols is 1. The molecule has 2 amide bonds. The van der Waals surface area contributed by atoms with E-state index in [9.17, 15) is 14.7 Å². The summed E-state index contributed by atoms with van der Waals surface area (Å²) in [6.07, 6.45) is 12.3. The summed E-state index contributed by atoms with van der Waals surface area (Å²) in [6, 6.07) is 2.56. The summed E-state index contributed by atoms with van der Waals surface area (Å²) in [4.78, 5) is 46.4. The molecule has 7 rings (SSSR count). The summed E-state index contributed by atoms with van der Waals surface area (Å²) in [5, 5.41) is 17.9. The van der Waals surface area contributed by atoms with Gasteiger partial charge in [0.2, 0.25) is 17.7 Å². The summed E-state index contributed by atoms with van der Waals surface area (Å²) in [6.45, 7) is 3.79.